The maximum absolute atomic E-state index is 13.1. The van der Waals surface area contributed by atoms with Crippen LogP contribution in [0.1, 0.15) is 16.7 Å². The van der Waals surface area contributed by atoms with Crippen LogP contribution in [-0.2, 0) is 17.1 Å². The number of halogens is 6. The molecule has 1 fully saturated rings. The van der Waals surface area contributed by atoms with Crippen LogP contribution >= 0.6 is 24.0 Å². The molecule has 0 aromatic heterocycles. The van der Waals surface area contributed by atoms with Gasteiger partial charge in [0.1, 0.15) is 10.1 Å². The minimum atomic E-state index is -5.07. The van der Waals surface area contributed by atoms with Crippen LogP contribution in [0.3, 0.4) is 0 Å². The standard InChI is InChI=1S/C13H7F6NO2S2/c1-22-9-6(12(14,15)16)2-5(3-7(9)13(17,18)19)4-8-10(21)20-11(23)24-8/h2-4H,1H3,(H,20,21,23)/b8-4-. The van der Waals surface area contributed by atoms with Crippen molar-refractivity contribution in [2.24, 2.45) is 0 Å². The second-order valence-electron chi connectivity index (χ2n) is 4.50. The van der Waals surface area contributed by atoms with Gasteiger partial charge in [0.15, 0.2) is 0 Å². The zero-order valence-corrected chi connectivity index (χ0v) is 13.3. The first-order valence-corrected chi connectivity index (χ1v) is 7.27. The van der Waals surface area contributed by atoms with E-state index in [-0.39, 0.29) is 9.23 Å². The molecule has 24 heavy (non-hydrogen) atoms. The molecule has 0 bridgehead atoms. The first-order chi connectivity index (χ1) is 10.9. The fourth-order valence-electron chi connectivity index (χ4n) is 1.95. The van der Waals surface area contributed by atoms with E-state index in [9.17, 15) is 31.1 Å². The van der Waals surface area contributed by atoms with E-state index in [1.807, 2.05) is 0 Å². The van der Waals surface area contributed by atoms with Crippen molar-refractivity contribution in [3.8, 4) is 5.75 Å². The summed E-state index contributed by atoms with van der Waals surface area (Å²) in [4.78, 5) is 11.4. The Morgan fingerprint density at radius 3 is 1.96 bits per heavy atom. The minimum Gasteiger partial charge on any atom is -0.495 e. The number of methoxy groups -OCH3 is 1. The fourth-order valence-corrected chi connectivity index (χ4v) is 2.99. The quantitative estimate of drug-likeness (QED) is 0.469. The van der Waals surface area contributed by atoms with Gasteiger partial charge >= 0.3 is 12.4 Å². The van der Waals surface area contributed by atoms with Gasteiger partial charge in [0.05, 0.1) is 23.1 Å². The molecule has 1 N–H and O–H groups in total. The number of thioether (sulfide) groups is 1. The molecule has 0 aliphatic carbocycles. The van der Waals surface area contributed by atoms with E-state index < -0.39 is 40.7 Å². The molecule has 3 nitrogen and oxygen atoms in total. The predicted molar refractivity (Wildman–Crippen MR) is 79.3 cm³/mol. The number of ether oxygens (including phenoxy) is 1. The lowest BCUT2D eigenvalue weighted by Gasteiger charge is -2.18. The Morgan fingerprint density at radius 1 is 1.12 bits per heavy atom. The van der Waals surface area contributed by atoms with Crippen molar-refractivity contribution < 1.29 is 35.9 Å². The number of carbonyl (C=O) groups is 1. The van der Waals surface area contributed by atoms with Crippen molar-refractivity contribution in [2.45, 2.75) is 12.4 Å². The fraction of sp³-hybridized carbons (Fsp3) is 0.231. The Hall–Kier alpha value is -1.75. The number of rotatable bonds is 2. The van der Waals surface area contributed by atoms with Crippen molar-refractivity contribution in [1.29, 1.82) is 0 Å². The van der Waals surface area contributed by atoms with E-state index in [1.54, 1.807) is 0 Å². The summed E-state index contributed by atoms with van der Waals surface area (Å²) >= 11 is 5.45. The number of hydrogen-bond acceptors (Lipinski definition) is 4. The molecule has 1 amide bonds. The lowest BCUT2D eigenvalue weighted by Crippen LogP contribution is -2.17. The SMILES string of the molecule is COc1c(C(F)(F)F)cc(/C=C2\SC(=S)NC2=O)cc1C(F)(F)F. The second kappa shape index (κ2) is 6.28. The third-order valence-corrected chi connectivity index (χ3v) is 4.03. The molecule has 1 aromatic rings. The lowest BCUT2D eigenvalue weighted by atomic mass is 10.0. The van der Waals surface area contributed by atoms with Gasteiger partial charge in [-0.15, -0.1) is 0 Å². The summed E-state index contributed by atoms with van der Waals surface area (Å²) in [5.74, 6) is -2.01. The van der Waals surface area contributed by atoms with Crippen molar-refractivity contribution >= 4 is 40.3 Å². The lowest BCUT2D eigenvalue weighted by molar-refractivity contribution is -0.145. The van der Waals surface area contributed by atoms with E-state index >= 15 is 0 Å². The smallest absolute Gasteiger partial charge is 0.419 e. The average Bonchev–Trinajstić information content (AvgIpc) is 2.74. The maximum atomic E-state index is 13.1. The molecule has 1 aliphatic rings. The van der Waals surface area contributed by atoms with Gasteiger partial charge in [-0.1, -0.05) is 24.0 Å². The van der Waals surface area contributed by atoms with Gasteiger partial charge in [-0.3, -0.25) is 4.79 Å². The molecule has 11 heteroatoms. The molecule has 2 rings (SSSR count). The van der Waals surface area contributed by atoms with Gasteiger partial charge in [-0.2, -0.15) is 26.3 Å². The van der Waals surface area contributed by atoms with Crippen LogP contribution in [0.2, 0.25) is 0 Å². The monoisotopic (exact) mass is 387 g/mol. The third-order valence-electron chi connectivity index (χ3n) is 2.87. The minimum absolute atomic E-state index is 0.0619. The van der Waals surface area contributed by atoms with Crippen molar-refractivity contribution in [1.82, 2.24) is 5.32 Å². The van der Waals surface area contributed by atoms with Crippen molar-refractivity contribution in [2.75, 3.05) is 7.11 Å². The number of benzene rings is 1. The van der Waals surface area contributed by atoms with E-state index in [0.717, 1.165) is 24.9 Å². The highest BCUT2D eigenvalue weighted by Crippen LogP contribution is 2.45. The van der Waals surface area contributed by atoms with Crippen LogP contribution in [0.5, 0.6) is 5.75 Å². The van der Waals surface area contributed by atoms with Crippen LogP contribution in [0, 0.1) is 0 Å². The van der Waals surface area contributed by atoms with Gasteiger partial charge in [0, 0.05) is 0 Å². The van der Waals surface area contributed by atoms with Crippen LogP contribution in [0.4, 0.5) is 26.3 Å². The van der Waals surface area contributed by atoms with Gasteiger partial charge in [0.2, 0.25) is 0 Å². The molecule has 1 aliphatic heterocycles. The number of carbonyl (C=O) groups excluding carboxylic acids is 1. The first-order valence-electron chi connectivity index (χ1n) is 6.04. The van der Waals surface area contributed by atoms with E-state index in [2.05, 4.69) is 10.1 Å². The van der Waals surface area contributed by atoms with Crippen LogP contribution in [-0.4, -0.2) is 17.3 Å². The Bertz CT molecular complexity index is 704. The summed E-state index contributed by atoms with van der Waals surface area (Å²) in [6.45, 7) is 0. The molecule has 0 unspecified atom stereocenters. The van der Waals surface area contributed by atoms with Crippen LogP contribution in [0.15, 0.2) is 17.0 Å². The zero-order chi connectivity index (χ0) is 18.3. The maximum Gasteiger partial charge on any atom is 0.419 e. The Labute approximate surface area is 141 Å². The molecule has 0 spiro atoms. The summed E-state index contributed by atoms with van der Waals surface area (Å²) in [5, 5.41) is 2.22. The van der Waals surface area contributed by atoms with Crippen molar-refractivity contribution in [3.05, 3.63) is 33.7 Å². The van der Waals surface area contributed by atoms with E-state index in [0.29, 0.717) is 12.1 Å². The summed E-state index contributed by atoms with van der Waals surface area (Å²) < 4.78 is 82.8. The molecular weight excluding hydrogens is 380 g/mol. The molecule has 130 valence electrons. The molecular formula is C13H7F6NO2S2. The topological polar surface area (TPSA) is 38.3 Å². The number of alkyl halides is 6. The molecule has 0 radical (unpaired) electrons. The van der Waals surface area contributed by atoms with E-state index in [4.69, 9.17) is 12.2 Å². The largest absolute Gasteiger partial charge is 0.495 e. The number of thiocarbonyl (C=S) groups is 1. The van der Waals surface area contributed by atoms with Crippen molar-refractivity contribution in [3.63, 3.8) is 0 Å². The number of nitrogens with one attached hydrogen (secondary N) is 1. The van der Waals surface area contributed by atoms with Gasteiger partial charge < -0.3 is 10.1 Å². The molecule has 0 atom stereocenters. The molecule has 1 saturated heterocycles. The van der Waals surface area contributed by atoms with E-state index in [1.165, 1.54) is 0 Å². The average molecular weight is 387 g/mol. The Balaban J connectivity index is 2.68. The summed E-state index contributed by atoms with van der Waals surface area (Å²) in [6, 6.07) is 0.965. The molecule has 1 aromatic carbocycles. The number of amides is 1. The molecule has 1 heterocycles. The number of hydrogen-bond donors (Lipinski definition) is 1. The van der Waals surface area contributed by atoms with Crippen LogP contribution < -0.4 is 10.1 Å². The zero-order valence-electron chi connectivity index (χ0n) is 11.6. The highest BCUT2D eigenvalue weighted by atomic mass is 32.2. The van der Waals surface area contributed by atoms with Crippen LogP contribution in [0.25, 0.3) is 6.08 Å². The van der Waals surface area contributed by atoms with Gasteiger partial charge in [-0.05, 0) is 23.8 Å². The predicted octanol–water partition coefficient (Wildman–Crippen LogP) is 4.22. The third kappa shape index (κ3) is 3.83. The Kier molecular flexibility index (Phi) is 4.86. The summed E-state index contributed by atoms with van der Waals surface area (Å²) in [7, 11) is 0.719. The molecule has 0 saturated carbocycles. The summed E-state index contributed by atoms with van der Waals surface area (Å²) in [5.41, 5.74) is -3.62. The normalized spacial score (nSPS) is 17.4. The van der Waals surface area contributed by atoms with Gasteiger partial charge in [-0.25, -0.2) is 0 Å². The highest BCUT2D eigenvalue weighted by molar-refractivity contribution is 8.26. The first kappa shape index (κ1) is 18.6. The highest BCUT2D eigenvalue weighted by Gasteiger charge is 2.42. The Morgan fingerprint density at radius 2 is 1.62 bits per heavy atom. The summed E-state index contributed by atoms with van der Waals surface area (Å²) in [6.07, 6.45) is -9.23. The van der Waals surface area contributed by atoms with Gasteiger partial charge in [0.25, 0.3) is 5.91 Å². The second-order valence-corrected chi connectivity index (χ2v) is 6.22.